The molecule has 0 unspecified atom stereocenters. The first-order valence-electron chi connectivity index (χ1n) is 11.1. The number of rotatable bonds is 6. The molecule has 0 N–H and O–H groups in total. The third-order valence-electron chi connectivity index (χ3n) is 5.54. The van der Waals surface area contributed by atoms with Crippen LogP contribution in [0.2, 0.25) is 0 Å². The van der Waals surface area contributed by atoms with Crippen molar-refractivity contribution in [2.24, 2.45) is 0 Å². The monoisotopic (exact) mass is 494 g/mol. The van der Waals surface area contributed by atoms with Gasteiger partial charge in [-0.2, -0.15) is 5.10 Å². The number of hydrogen-bond acceptors (Lipinski definition) is 7. The maximum atomic E-state index is 12.5. The van der Waals surface area contributed by atoms with E-state index in [1.165, 1.54) is 27.9 Å². The van der Waals surface area contributed by atoms with Crippen LogP contribution in [0, 0.1) is 0 Å². The van der Waals surface area contributed by atoms with E-state index in [0.29, 0.717) is 27.7 Å². The van der Waals surface area contributed by atoms with Crippen LogP contribution in [-0.2, 0) is 16.1 Å². The fourth-order valence-electron chi connectivity index (χ4n) is 3.83. The number of ether oxygens (including phenoxy) is 1. The van der Waals surface area contributed by atoms with Crippen LogP contribution in [0.15, 0.2) is 99.8 Å². The molecule has 6 aromatic rings. The van der Waals surface area contributed by atoms with E-state index in [-0.39, 0.29) is 12.2 Å². The van der Waals surface area contributed by atoms with Crippen molar-refractivity contribution in [3.8, 4) is 17.1 Å². The topological polar surface area (TPSA) is 91.6 Å². The molecule has 4 heterocycles. The predicted molar refractivity (Wildman–Crippen MR) is 137 cm³/mol. The van der Waals surface area contributed by atoms with Gasteiger partial charge < -0.3 is 9.15 Å². The zero-order chi connectivity index (χ0) is 24.5. The highest BCUT2D eigenvalue weighted by molar-refractivity contribution is 7.15. The number of benzene rings is 2. The first kappa shape index (κ1) is 21.8. The van der Waals surface area contributed by atoms with Crippen molar-refractivity contribution in [3.05, 3.63) is 112 Å². The van der Waals surface area contributed by atoms with Gasteiger partial charge in [0, 0.05) is 40.9 Å². The maximum absolute atomic E-state index is 12.5. The number of carbonyl (C=O) groups excluding carboxylic acids is 1. The van der Waals surface area contributed by atoms with E-state index in [0.717, 1.165) is 16.7 Å². The van der Waals surface area contributed by atoms with Crippen LogP contribution < -0.4 is 5.56 Å². The third kappa shape index (κ3) is 4.23. The van der Waals surface area contributed by atoms with Crippen LogP contribution in [-0.4, -0.2) is 25.1 Å². The summed E-state index contributed by atoms with van der Waals surface area (Å²) in [6.45, 7) is -0.105. The van der Waals surface area contributed by atoms with E-state index in [1.807, 2.05) is 66.9 Å². The molecule has 9 heteroatoms. The number of thiazole rings is 1. The summed E-state index contributed by atoms with van der Waals surface area (Å²) in [4.78, 5) is 29.5. The zero-order valence-electron chi connectivity index (χ0n) is 18.8. The molecule has 0 atom stereocenters. The molecule has 0 saturated heterocycles. The van der Waals surface area contributed by atoms with Crippen molar-refractivity contribution >= 4 is 39.3 Å². The second-order valence-electron chi connectivity index (χ2n) is 7.94. The lowest BCUT2D eigenvalue weighted by molar-refractivity contribution is -0.139. The van der Waals surface area contributed by atoms with Crippen LogP contribution in [0.25, 0.3) is 39.1 Å². The highest BCUT2D eigenvalue weighted by atomic mass is 32.1. The molecule has 0 bridgehead atoms. The molecule has 0 aliphatic heterocycles. The van der Waals surface area contributed by atoms with Crippen molar-refractivity contribution in [2.75, 3.05) is 0 Å². The third-order valence-corrected chi connectivity index (χ3v) is 6.30. The van der Waals surface area contributed by atoms with Gasteiger partial charge in [-0.3, -0.25) is 9.20 Å². The number of para-hydroxylation sites is 2. The second kappa shape index (κ2) is 9.12. The summed E-state index contributed by atoms with van der Waals surface area (Å²) < 4.78 is 14.5. The van der Waals surface area contributed by atoms with Crippen LogP contribution >= 0.6 is 11.3 Å². The summed E-state index contributed by atoms with van der Waals surface area (Å²) in [5.74, 6) is 0.0269. The standard InChI is InChI=1S/C27H18N4O4S/c32-24-15-20(28-27-30(24)12-13-36-27)17-34-25(33)11-10-19-16-31(21-7-2-1-3-8-21)29-26(19)23-14-18-6-4-5-9-22(18)35-23/h1-16H,17H2/b11-10+. The Hall–Kier alpha value is -4.76. The molecule has 4 aromatic heterocycles. The van der Waals surface area contributed by atoms with Crippen molar-refractivity contribution < 1.29 is 13.9 Å². The van der Waals surface area contributed by atoms with Gasteiger partial charge in [-0.1, -0.05) is 36.4 Å². The number of hydrogen-bond donors (Lipinski definition) is 0. The Bertz CT molecular complexity index is 1760. The molecule has 0 radical (unpaired) electrons. The number of aromatic nitrogens is 4. The summed E-state index contributed by atoms with van der Waals surface area (Å²) in [5.41, 5.74) is 3.08. The smallest absolute Gasteiger partial charge is 0.331 e. The predicted octanol–water partition coefficient (Wildman–Crippen LogP) is 5.11. The molecule has 6 rings (SSSR count). The van der Waals surface area contributed by atoms with Crippen LogP contribution in [0.5, 0.6) is 0 Å². The molecule has 0 aliphatic rings. The lowest BCUT2D eigenvalue weighted by Gasteiger charge is -2.01. The van der Waals surface area contributed by atoms with Gasteiger partial charge in [0.15, 0.2) is 10.7 Å². The summed E-state index contributed by atoms with van der Waals surface area (Å²) in [6, 6.07) is 20.7. The molecule has 36 heavy (non-hydrogen) atoms. The van der Waals surface area contributed by atoms with Gasteiger partial charge in [0.25, 0.3) is 5.56 Å². The van der Waals surface area contributed by atoms with Gasteiger partial charge in [-0.15, -0.1) is 11.3 Å². The van der Waals surface area contributed by atoms with E-state index in [1.54, 1.807) is 22.3 Å². The molecule has 0 saturated carbocycles. The van der Waals surface area contributed by atoms with E-state index >= 15 is 0 Å². The fourth-order valence-corrected chi connectivity index (χ4v) is 4.56. The van der Waals surface area contributed by atoms with E-state index in [2.05, 4.69) is 4.98 Å². The molecule has 8 nitrogen and oxygen atoms in total. The minimum absolute atomic E-state index is 0.105. The van der Waals surface area contributed by atoms with Gasteiger partial charge in [0.2, 0.25) is 0 Å². The van der Waals surface area contributed by atoms with Crippen molar-refractivity contribution in [1.82, 2.24) is 19.2 Å². The summed E-state index contributed by atoms with van der Waals surface area (Å²) in [5, 5.41) is 7.46. The highest BCUT2D eigenvalue weighted by Gasteiger charge is 2.15. The average molecular weight is 495 g/mol. The first-order valence-corrected chi connectivity index (χ1v) is 12.0. The Morgan fingerprint density at radius 2 is 1.92 bits per heavy atom. The van der Waals surface area contributed by atoms with Gasteiger partial charge in [0.1, 0.15) is 17.9 Å². The normalized spacial score (nSPS) is 11.6. The molecule has 0 aliphatic carbocycles. The molecule has 0 spiro atoms. The van der Waals surface area contributed by atoms with Gasteiger partial charge in [-0.25, -0.2) is 14.5 Å². The fraction of sp³-hybridized carbons (Fsp3) is 0.0370. The lowest BCUT2D eigenvalue weighted by atomic mass is 10.2. The quantitative estimate of drug-likeness (QED) is 0.236. The highest BCUT2D eigenvalue weighted by Crippen LogP contribution is 2.30. The Morgan fingerprint density at radius 3 is 2.78 bits per heavy atom. The average Bonchev–Trinajstić information content (AvgIpc) is 3.64. The SMILES string of the molecule is O=C(/C=C/c1cn(-c2ccccc2)nc1-c1cc2ccccc2o1)OCc1cc(=O)n2ccsc2n1. The zero-order valence-corrected chi connectivity index (χ0v) is 19.6. The Kier molecular flexibility index (Phi) is 5.51. The van der Waals surface area contributed by atoms with Crippen molar-refractivity contribution in [1.29, 1.82) is 0 Å². The minimum Gasteiger partial charge on any atom is -0.456 e. The minimum atomic E-state index is -0.564. The molecule has 2 aromatic carbocycles. The van der Waals surface area contributed by atoms with Crippen molar-refractivity contribution in [3.63, 3.8) is 0 Å². The summed E-state index contributed by atoms with van der Waals surface area (Å²) in [6.07, 6.45) is 6.45. The molecular formula is C27H18N4O4S. The number of carbonyl (C=O) groups is 1. The molecule has 0 fully saturated rings. The molecular weight excluding hydrogens is 476 g/mol. The summed E-state index contributed by atoms with van der Waals surface area (Å²) >= 11 is 1.34. The Labute approximate surface area is 208 Å². The Morgan fingerprint density at radius 1 is 1.08 bits per heavy atom. The number of furan rings is 1. The largest absolute Gasteiger partial charge is 0.456 e. The van der Waals surface area contributed by atoms with E-state index in [4.69, 9.17) is 14.3 Å². The molecule has 176 valence electrons. The number of fused-ring (bicyclic) bond motifs is 2. The van der Waals surface area contributed by atoms with Crippen LogP contribution in [0.3, 0.4) is 0 Å². The van der Waals surface area contributed by atoms with Crippen LogP contribution in [0.4, 0.5) is 0 Å². The van der Waals surface area contributed by atoms with Gasteiger partial charge in [0.05, 0.1) is 11.4 Å². The first-order chi connectivity index (χ1) is 17.6. The maximum Gasteiger partial charge on any atom is 0.331 e. The van der Waals surface area contributed by atoms with Crippen LogP contribution in [0.1, 0.15) is 11.3 Å². The summed E-state index contributed by atoms with van der Waals surface area (Å²) in [7, 11) is 0. The van der Waals surface area contributed by atoms with Gasteiger partial charge in [-0.05, 0) is 30.3 Å². The Balaban J connectivity index is 1.27. The second-order valence-corrected chi connectivity index (χ2v) is 8.82. The number of nitrogens with zero attached hydrogens (tertiary/aromatic N) is 4. The number of esters is 1. The van der Waals surface area contributed by atoms with E-state index in [9.17, 15) is 9.59 Å². The van der Waals surface area contributed by atoms with E-state index < -0.39 is 5.97 Å². The van der Waals surface area contributed by atoms with Gasteiger partial charge >= 0.3 is 5.97 Å². The molecule has 0 amide bonds. The lowest BCUT2D eigenvalue weighted by Crippen LogP contribution is -2.14. The van der Waals surface area contributed by atoms with Crippen molar-refractivity contribution in [2.45, 2.75) is 6.61 Å².